The predicted octanol–water partition coefficient (Wildman–Crippen LogP) is 0.656. The minimum atomic E-state index is 0.204. The van der Waals surface area contributed by atoms with Crippen LogP contribution in [0, 0.1) is 0 Å². The molecule has 1 aromatic rings. The molecule has 0 spiro atoms. The molecule has 1 N–H and O–H groups in total. The van der Waals surface area contributed by atoms with Crippen molar-refractivity contribution in [2.75, 3.05) is 26.0 Å². The standard InChI is InChI=1S/C12H18N4O2/c1-16-6-9(3-4-12(16)17)15-11-5-10(7-18-2)13-8-14-11/h5,8-9H,3-4,6-7H2,1-2H3,(H,13,14,15)/t9-/m1/s1. The third-order valence-corrected chi connectivity index (χ3v) is 2.99. The molecular weight excluding hydrogens is 232 g/mol. The van der Waals surface area contributed by atoms with Gasteiger partial charge in [-0.2, -0.15) is 0 Å². The second-order valence-electron chi connectivity index (χ2n) is 4.48. The number of nitrogens with one attached hydrogen (secondary N) is 1. The van der Waals surface area contributed by atoms with Gasteiger partial charge in [0, 0.05) is 39.2 Å². The lowest BCUT2D eigenvalue weighted by Crippen LogP contribution is -2.43. The zero-order valence-corrected chi connectivity index (χ0v) is 10.7. The third kappa shape index (κ3) is 3.16. The minimum absolute atomic E-state index is 0.204. The largest absolute Gasteiger partial charge is 0.378 e. The Morgan fingerprint density at radius 3 is 3.11 bits per heavy atom. The van der Waals surface area contributed by atoms with Crippen LogP contribution in [0.15, 0.2) is 12.4 Å². The van der Waals surface area contributed by atoms with Crippen LogP contribution in [0.5, 0.6) is 0 Å². The molecule has 6 nitrogen and oxygen atoms in total. The topological polar surface area (TPSA) is 67.3 Å². The normalized spacial score (nSPS) is 20.0. The number of rotatable bonds is 4. The fourth-order valence-electron chi connectivity index (χ4n) is 2.04. The summed E-state index contributed by atoms with van der Waals surface area (Å²) in [5.41, 5.74) is 0.843. The minimum Gasteiger partial charge on any atom is -0.378 e. The van der Waals surface area contributed by atoms with Gasteiger partial charge in [0.25, 0.3) is 0 Å². The van der Waals surface area contributed by atoms with Crippen LogP contribution in [0.4, 0.5) is 5.82 Å². The average molecular weight is 250 g/mol. The summed E-state index contributed by atoms with van der Waals surface area (Å²) in [5.74, 6) is 0.987. The first-order valence-corrected chi connectivity index (χ1v) is 5.99. The molecule has 0 unspecified atom stereocenters. The molecule has 18 heavy (non-hydrogen) atoms. The number of piperidine rings is 1. The lowest BCUT2D eigenvalue weighted by Gasteiger charge is -2.30. The monoisotopic (exact) mass is 250 g/mol. The van der Waals surface area contributed by atoms with Crippen molar-refractivity contribution in [3.8, 4) is 0 Å². The van der Waals surface area contributed by atoms with Crippen molar-refractivity contribution in [3.05, 3.63) is 18.1 Å². The number of likely N-dealkylation sites (tertiary alicyclic amines) is 1. The van der Waals surface area contributed by atoms with E-state index < -0.39 is 0 Å². The molecule has 1 atom stereocenters. The Morgan fingerprint density at radius 2 is 2.39 bits per heavy atom. The molecule has 1 aliphatic heterocycles. The van der Waals surface area contributed by atoms with Crippen LogP contribution in [0.3, 0.4) is 0 Å². The zero-order chi connectivity index (χ0) is 13.0. The first kappa shape index (κ1) is 12.8. The Kier molecular flexibility index (Phi) is 4.09. The van der Waals surface area contributed by atoms with Gasteiger partial charge in [-0.25, -0.2) is 9.97 Å². The number of carbonyl (C=O) groups excluding carboxylic acids is 1. The Morgan fingerprint density at radius 1 is 1.56 bits per heavy atom. The van der Waals surface area contributed by atoms with Crippen molar-refractivity contribution >= 4 is 11.7 Å². The number of carbonyl (C=O) groups is 1. The molecule has 0 bridgehead atoms. The predicted molar refractivity (Wildman–Crippen MR) is 67.0 cm³/mol. The molecule has 6 heteroatoms. The van der Waals surface area contributed by atoms with E-state index in [1.807, 2.05) is 13.1 Å². The molecule has 1 amide bonds. The van der Waals surface area contributed by atoms with Crippen molar-refractivity contribution in [2.24, 2.45) is 0 Å². The fourth-order valence-corrected chi connectivity index (χ4v) is 2.04. The maximum absolute atomic E-state index is 11.4. The second-order valence-corrected chi connectivity index (χ2v) is 4.48. The highest BCUT2D eigenvalue weighted by atomic mass is 16.5. The smallest absolute Gasteiger partial charge is 0.222 e. The van der Waals surface area contributed by atoms with Crippen molar-refractivity contribution in [1.82, 2.24) is 14.9 Å². The number of nitrogens with zero attached hydrogens (tertiary/aromatic N) is 3. The summed E-state index contributed by atoms with van der Waals surface area (Å²) in [4.78, 5) is 21.4. The highest BCUT2D eigenvalue weighted by Gasteiger charge is 2.22. The van der Waals surface area contributed by atoms with E-state index in [0.717, 1.165) is 17.9 Å². The van der Waals surface area contributed by atoms with E-state index in [-0.39, 0.29) is 11.9 Å². The number of hydrogen-bond acceptors (Lipinski definition) is 5. The summed E-state index contributed by atoms with van der Waals surface area (Å²) >= 11 is 0. The second kappa shape index (κ2) is 5.77. The van der Waals surface area contributed by atoms with Crippen LogP contribution < -0.4 is 5.32 Å². The van der Waals surface area contributed by atoms with Gasteiger partial charge < -0.3 is 15.0 Å². The summed E-state index contributed by atoms with van der Waals surface area (Å²) in [6.45, 7) is 1.18. The molecule has 0 aliphatic carbocycles. The van der Waals surface area contributed by atoms with Gasteiger partial charge in [0.15, 0.2) is 0 Å². The first-order valence-electron chi connectivity index (χ1n) is 5.99. The van der Waals surface area contributed by atoms with Crippen molar-refractivity contribution < 1.29 is 9.53 Å². The van der Waals surface area contributed by atoms with Crippen LogP contribution in [0.25, 0.3) is 0 Å². The van der Waals surface area contributed by atoms with Gasteiger partial charge >= 0.3 is 0 Å². The number of amides is 1. The maximum Gasteiger partial charge on any atom is 0.222 e. The molecule has 0 radical (unpaired) electrons. The lowest BCUT2D eigenvalue weighted by molar-refractivity contribution is -0.132. The van der Waals surface area contributed by atoms with Gasteiger partial charge in [-0.1, -0.05) is 0 Å². The summed E-state index contributed by atoms with van der Waals surface area (Å²) in [5, 5.41) is 3.33. The van der Waals surface area contributed by atoms with E-state index in [2.05, 4.69) is 15.3 Å². The Labute approximate surface area is 106 Å². The van der Waals surface area contributed by atoms with E-state index in [4.69, 9.17) is 4.74 Å². The van der Waals surface area contributed by atoms with Gasteiger partial charge in [-0.05, 0) is 6.42 Å². The van der Waals surface area contributed by atoms with E-state index >= 15 is 0 Å². The Hall–Kier alpha value is -1.69. The molecular formula is C12H18N4O2. The number of methoxy groups -OCH3 is 1. The van der Waals surface area contributed by atoms with Crippen molar-refractivity contribution in [1.29, 1.82) is 0 Å². The van der Waals surface area contributed by atoms with Crippen LogP contribution in [-0.2, 0) is 16.1 Å². The Balaban J connectivity index is 1.96. The number of hydrogen-bond donors (Lipinski definition) is 1. The molecule has 1 aliphatic rings. The van der Waals surface area contributed by atoms with E-state index in [1.165, 1.54) is 6.33 Å². The number of anilines is 1. The zero-order valence-electron chi connectivity index (χ0n) is 10.7. The summed E-state index contributed by atoms with van der Waals surface area (Å²) in [6.07, 6.45) is 2.95. The molecule has 1 saturated heterocycles. The molecule has 0 saturated carbocycles. The summed E-state index contributed by atoms with van der Waals surface area (Å²) in [6, 6.07) is 2.12. The van der Waals surface area contributed by atoms with Gasteiger partial charge in [0.05, 0.1) is 12.3 Å². The molecule has 0 aromatic carbocycles. The summed E-state index contributed by atoms with van der Waals surface area (Å²) in [7, 11) is 3.46. The van der Waals surface area contributed by atoms with Crippen LogP contribution >= 0.6 is 0 Å². The van der Waals surface area contributed by atoms with Gasteiger partial charge in [-0.3, -0.25) is 4.79 Å². The van der Waals surface area contributed by atoms with E-state index in [0.29, 0.717) is 19.6 Å². The lowest BCUT2D eigenvalue weighted by atomic mass is 10.1. The molecule has 98 valence electrons. The number of likely N-dealkylation sites (N-methyl/N-ethyl adjacent to an activating group) is 1. The van der Waals surface area contributed by atoms with Crippen LogP contribution in [0.2, 0.25) is 0 Å². The average Bonchev–Trinajstić information content (AvgIpc) is 2.35. The maximum atomic E-state index is 11.4. The van der Waals surface area contributed by atoms with Gasteiger partial charge in [0.2, 0.25) is 5.91 Å². The highest BCUT2D eigenvalue weighted by molar-refractivity contribution is 5.77. The van der Waals surface area contributed by atoms with Crippen LogP contribution in [-0.4, -0.2) is 47.5 Å². The third-order valence-electron chi connectivity index (χ3n) is 2.99. The fraction of sp³-hybridized carbons (Fsp3) is 0.583. The van der Waals surface area contributed by atoms with Crippen LogP contribution in [0.1, 0.15) is 18.5 Å². The quantitative estimate of drug-likeness (QED) is 0.850. The highest BCUT2D eigenvalue weighted by Crippen LogP contribution is 2.14. The van der Waals surface area contributed by atoms with Crippen molar-refractivity contribution in [2.45, 2.75) is 25.5 Å². The molecule has 1 aromatic heterocycles. The molecule has 2 heterocycles. The van der Waals surface area contributed by atoms with E-state index in [9.17, 15) is 4.79 Å². The number of ether oxygens (including phenoxy) is 1. The molecule has 1 fully saturated rings. The SMILES string of the molecule is COCc1cc(N[C@@H]2CCC(=O)N(C)C2)ncn1. The van der Waals surface area contributed by atoms with Crippen molar-refractivity contribution in [3.63, 3.8) is 0 Å². The number of aromatic nitrogens is 2. The summed E-state index contributed by atoms with van der Waals surface area (Å²) < 4.78 is 5.03. The van der Waals surface area contributed by atoms with Gasteiger partial charge in [-0.15, -0.1) is 0 Å². The first-order chi connectivity index (χ1) is 8.69. The van der Waals surface area contributed by atoms with E-state index in [1.54, 1.807) is 12.0 Å². The Bertz CT molecular complexity index is 424. The molecule has 2 rings (SSSR count). The van der Waals surface area contributed by atoms with Gasteiger partial charge in [0.1, 0.15) is 12.1 Å².